The van der Waals surface area contributed by atoms with Gasteiger partial charge in [0.05, 0.1) is 23.9 Å². The van der Waals surface area contributed by atoms with Crippen LogP contribution in [0.1, 0.15) is 58.8 Å². The zero-order chi connectivity index (χ0) is 13.0. The molecule has 4 atom stereocenters. The predicted octanol–water partition coefficient (Wildman–Crippen LogP) is 2.78. The van der Waals surface area contributed by atoms with E-state index in [0.717, 1.165) is 44.9 Å². The fourth-order valence-corrected chi connectivity index (χ4v) is 4.67. The Morgan fingerprint density at radius 2 is 1.94 bits per heavy atom. The van der Waals surface area contributed by atoms with Crippen molar-refractivity contribution in [2.75, 3.05) is 0 Å². The van der Waals surface area contributed by atoms with Crippen molar-refractivity contribution in [2.24, 2.45) is 10.8 Å². The van der Waals surface area contributed by atoms with Gasteiger partial charge in [-0.15, -0.1) is 0 Å². The summed E-state index contributed by atoms with van der Waals surface area (Å²) in [6.45, 7) is 4.24. The molecule has 0 radical (unpaired) electrons. The Bertz CT molecular complexity index is 400. The Labute approximate surface area is 109 Å². The van der Waals surface area contributed by atoms with Crippen LogP contribution in [0, 0.1) is 22.2 Å². The monoisotopic (exact) mass is 249 g/mol. The van der Waals surface area contributed by atoms with Crippen molar-refractivity contribution in [3.8, 4) is 6.07 Å². The summed E-state index contributed by atoms with van der Waals surface area (Å²) in [6, 6.07) is 2.50. The van der Waals surface area contributed by atoms with Crippen LogP contribution in [0.5, 0.6) is 0 Å². The fourth-order valence-electron chi connectivity index (χ4n) is 4.67. The smallest absolute Gasteiger partial charge is 0.115 e. The Balaban J connectivity index is 2.03. The van der Waals surface area contributed by atoms with Gasteiger partial charge in [-0.1, -0.05) is 26.7 Å². The van der Waals surface area contributed by atoms with Gasteiger partial charge in [0.15, 0.2) is 0 Å². The molecule has 18 heavy (non-hydrogen) atoms. The van der Waals surface area contributed by atoms with E-state index in [1.807, 2.05) is 0 Å². The lowest BCUT2D eigenvalue weighted by Crippen LogP contribution is -2.62. The first-order valence-electron chi connectivity index (χ1n) is 7.24. The van der Waals surface area contributed by atoms with Crippen LogP contribution in [0.3, 0.4) is 0 Å². The Morgan fingerprint density at radius 1 is 1.22 bits per heavy atom. The number of hydrogen-bond donors (Lipinski definition) is 1. The van der Waals surface area contributed by atoms with Crippen LogP contribution >= 0.6 is 0 Å². The van der Waals surface area contributed by atoms with Crippen LogP contribution in [-0.2, 0) is 4.74 Å². The lowest BCUT2D eigenvalue weighted by Gasteiger charge is -2.55. The molecule has 0 spiro atoms. The SMILES string of the molecule is CC1(C)CCCCC1(O)C1(C#N)CC2CCC1O2. The van der Waals surface area contributed by atoms with E-state index in [-0.39, 0.29) is 17.6 Å². The minimum atomic E-state index is -0.882. The summed E-state index contributed by atoms with van der Waals surface area (Å²) in [6.07, 6.45) is 6.83. The quantitative estimate of drug-likeness (QED) is 0.777. The first-order valence-corrected chi connectivity index (χ1v) is 7.24. The average Bonchev–Trinajstić information content (AvgIpc) is 2.93. The van der Waals surface area contributed by atoms with Crippen molar-refractivity contribution in [3.05, 3.63) is 0 Å². The van der Waals surface area contributed by atoms with Gasteiger partial charge in [-0.25, -0.2) is 0 Å². The normalized spacial score (nSPS) is 50.1. The van der Waals surface area contributed by atoms with Crippen LogP contribution in [0.15, 0.2) is 0 Å². The molecule has 0 aromatic heterocycles. The third-order valence-electron chi connectivity index (χ3n) is 5.85. The summed E-state index contributed by atoms with van der Waals surface area (Å²) >= 11 is 0. The maximum Gasteiger partial charge on any atom is 0.115 e. The summed E-state index contributed by atoms with van der Waals surface area (Å²) in [7, 11) is 0. The molecule has 3 nitrogen and oxygen atoms in total. The highest BCUT2D eigenvalue weighted by Gasteiger charge is 2.68. The number of nitriles is 1. The van der Waals surface area contributed by atoms with Crippen LogP contribution in [0.25, 0.3) is 0 Å². The van der Waals surface area contributed by atoms with E-state index in [9.17, 15) is 10.4 Å². The lowest BCUT2D eigenvalue weighted by molar-refractivity contribution is -0.179. The zero-order valence-electron chi connectivity index (χ0n) is 11.4. The van der Waals surface area contributed by atoms with Crippen LogP contribution < -0.4 is 0 Å². The standard InChI is InChI=1S/C15H23NO2/c1-13(2)7-3-4-8-15(13,17)14(10-16)9-11-5-6-12(14)18-11/h11-12,17H,3-9H2,1-2H3. The molecule has 2 aliphatic heterocycles. The zero-order valence-corrected chi connectivity index (χ0v) is 11.4. The van der Waals surface area contributed by atoms with Gasteiger partial charge in [0.1, 0.15) is 5.41 Å². The molecular formula is C15H23NO2. The van der Waals surface area contributed by atoms with E-state index in [1.165, 1.54) is 0 Å². The molecule has 3 fully saturated rings. The molecule has 3 rings (SSSR count). The molecule has 100 valence electrons. The highest BCUT2D eigenvalue weighted by atomic mass is 16.5. The Hall–Kier alpha value is -0.590. The molecule has 2 bridgehead atoms. The van der Waals surface area contributed by atoms with E-state index in [1.54, 1.807) is 0 Å². The maximum atomic E-state index is 11.4. The number of aliphatic hydroxyl groups is 1. The van der Waals surface area contributed by atoms with Crippen molar-refractivity contribution >= 4 is 0 Å². The second-order valence-electron chi connectivity index (χ2n) is 7.06. The molecule has 1 saturated carbocycles. The van der Waals surface area contributed by atoms with E-state index in [0.29, 0.717) is 0 Å². The van der Waals surface area contributed by atoms with Gasteiger partial charge >= 0.3 is 0 Å². The summed E-state index contributed by atoms with van der Waals surface area (Å²) < 4.78 is 5.91. The van der Waals surface area contributed by atoms with Gasteiger partial charge in [0.25, 0.3) is 0 Å². The first kappa shape index (κ1) is 12.4. The molecule has 0 aromatic carbocycles. The molecule has 1 aliphatic carbocycles. The molecule has 0 aromatic rings. The third kappa shape index (κ3) is 1.31. The highest BCUT2D eigenvalue weighted by molar-refractivity contribution is 5.24. The molecule has 0 amide bonds. The number of fused-ring (bicyclic) bond motifs is 2. The minimum Gasteiger partial charge on any atom is -0.388 e. The van der Waals surface area contributed by atoms with Gasteiger partial charge < -0.3 is 9.84 Å². The minimum absolute atomic E-state index is 0.0464. The summed E-state index contributed by atoms with van der Waals surface area (Å²) in [4.78, 5) is 0. The van der Waals surface area contributed by atoms with E-state index in [4.69, 9.17) is 4.74 Å². The molecule has 1 N–H and O–H groups in total. The second-order valence-corrected chi connectivity index (χ2v) is 7.06. The molecule has 2 heterocycles. The average molecular weight is 249 g/mol. The lowest BCUT2D eigenvalue weighted by atomic mass is 9.51. The number of hydrogen-bond acceptors (Lipinski definition) is 3. The summed E-state index contributed by atoms with van der Waals surface area (Å²) in [5.74, 6) is 0. The van der Waals surface area contributed by atoms with Crippen molar-refractivity contribution < 1.29 is 9.84 Å². The first-order chi connectivity index (χ1) is 8.45. The van der Waals surface area contributed by atoms with Gasteiger partial charge in [-0.05, 0) is 37.5 Å². The second kappa shape index (κ2) is 3.71. The van der Waals surface area contributed by atoms with Crippen molar-refractivity contribution in [1.29, 1.82) is 5.26 Å². The molecule has 2 saturated heterocycles. The molecular weight excluding hydrogens is 226 g/mol. The topological polar surface area (TPSA) is 53.2 Å². The van der Waals surface area contributed by atoms with Crippen LogP contribution in [0.2, 0.25) is 0 Å². The van der Waals surface area contributed by atoms with E-state index < -0.39 is 11.0 Å². The summed E-state index contributed by atoms with van der Waals surface area (Å²) in [5, 5.41) is 21.2. The molecule has 3 aliphatic rings. The molecule has 3 heteroatoms. The third-order valence-corrected chi connectivity index (χ3v) is 5.85. The van der Waals surface area contributed by atoms with Gasteiger partial charge in [0.2, 0.25) is 0 Å². The van der Waals surface area contributed by atoms with Crippen molar-refractivity contribution in [2.45, 2.75) is 76.6 Å². The largest absolute Gasteiger partial charge is 0.388 e. The number of ether oxygens (including phenoxy) is 1. The molecule has 4 unspecified atom stereocenters. The predicted molar refractivity (Wildman–Crippen MR) is 67.8 cm³/mol. The number of nitrogens with zero attached hydrogens (tertiary/aromatic N) is 1. The van der Waals surface area contributed by atoms with E-state index in [2.05, 4.69) is 19.9 Å². The van der Waals surface area contributed by atoms with Gasteiger partial charge in [-0.3, -0.25) is 0 Å². The number of rotatable bonds is 1. The highest BCUT2D eigenvalue weighted by Crippen LogP contribution is 2.61. The van der Waals surface area contributed by atoms with Crippen LogP contribution in [0.4, 0.5) is 0 Å². The fraction of sp³-hybridized carbons (Fsp3) is 0.933. The Kier molecular flexibility index (Phi) is 2.56. The Morgan fingerprint density at radius 3 is 2.44 bits per heavy atom. The van der Waals surface area contributed by atoms with Crippen molar-refractivity contribution in [1.82, 2.24) is 0 Å². The maximum absolute atomic E-state index is 11.4. The van der Waals surface area contributed by atoms with E-state index >= 15 is 0 Å². The van der Waals surface area contributed by atoms with Gasteiger partial charge in [-0.2, -0.15) is 5.26 Å². The van der Waals surface area contributed by atoms with Crippen LogP contribution in [-0.4, -0.2) is 22.9 Å². The van der Waals surface area contributed by atoms with Gasteiger partial charge in [0, 0.05) is 0 Å². The summed E-state index contributed by atoms with van der Waals surface area (Å²) in [5.41, 5.74) is -1.73. The van der Waals surface area contributed by atoms with Crippen molar-refractivity contribution in [3.63, 3.8) is 0 Å².